The lowest BCUT2D eigenvalue weighted by Crippen LogP contribution is -2.58. The van der Waals surface area contributed by atoms with E-state index in [4.69, 9.17) is 17.2 Å². The third kappa shape index (κ3) is 11.9. The molecule has 0 rings (SSSR count). The third-order valence-corrected chi connectivity index (χ3v) is 5.45. The van der Waals surface area contributed by atoms with E-state index in [2.05, 4.69) is 16.0 Å². The normalized spacial score (nSPS) is 15.5. The summed E-state index contributed by atoms with van der Waals surface area (Å²) >= 11 is 0. The molecule has 0 aromatic heterocycles. The van der Waals surface area contributed by atoms with Gasteiger partial charge in [-0.1, -0.05) is 34.1 Å². The van der Waals surface area contributed by atoms with E-state index in [0.29, 0.717) is 25.8 Å². The number of aliphatic carboxylic acids is 1. The number of carboxylic acids is 1. The van der Waals surface area contributed by atoms with Gasteiger partial charge >= 0.3 is 5.97 Å². The van der Waals surface area contributed by atoms with Crippen LogP contribution in [0.25, 0.3) is 0 Å². The summed E-state index contributed by atoms with van der Waals surface area (Å²) in [4.78, 5) is 61.0. The maximum absolute atomic E-state index is 13.0. The number of rotatable bonds is 17. The summed E-state index contributed by atoms with van der Waals surface area (Å²) < 4.78 is 0. The maximum Gasteiger partial charge on any atom is 0.326 e. The summed E-state index contributed by atoms with van der Waals surface area (Å²) in [6.07, 6.45) is 1.80. The van der Waals surface area contributed by atoms with Gasteiger partial charge in [-0.25, -0.2) is 4.79 Å². The molecule has 12 heteroatoms. The Kier molecular flexibility index (Phi) is 14.7. The zero-order valence-electron chi connectivity index (χ0n) is 20.6. The Morgan fingerprint density at radius 1 is 0.882 bits per heavy atom. The number of carbonyl (C=O) groups excluding carboxylic acids is 4. The second-order valence-electron chi connectivity index (χ2n) is 9.02. The summed E-state index contributed by atoms with van der Waals surface area (Å²) in [6, 6.07) is -4.35. The molecule has 0 aromatic rings. The lowest BCUT2D eigenvalue weighted by Gasteiger charge is -2.27. The molecule has 0 aromatic carbocycles. The van der Waals surface area contributed by atoms with Crippen LogP contribution in [0.5, 0.6) is 0 Å². The lowest BCUT2D eigenvalue weighted by molar-refractivity contribution is -0.144. The fourth-order valence-electron chi connectivity index (χ4n) is 3.26. The molecule has 5 unspecified atom stereocenters. The van der Waals surface area contributed by atoms with Gasteiger partial charge in [0.15, 0.2) is 0 Å². The minimum absolute atomic E-state index is 0.00901. The topological polar surface area (TPSA) is 220 Å². The molecule has 0 aliphatic heterocycles. The summed E-state index contributed by atoms with van der Waals surface area (Å²) in [7, 11) is 0. The van der Waals surface area contributed by atoms with E-state index in [1.165, 1.54) is 0 Å². The fraction of sp³-hybridized carbons (Fsp3) is 0.773. The van der Waals surface area contributed by atoms with Crippen molar-refractivity contribution in [3.05, 3.63) is 0 Å². The first-order valence-electron chi connectivity index (χ1n) is 11.7. The summed E-state index contributed by atoms with van der Waals surface area (Å²) in [5, 5.41) is 17.2. The van der Waals surface area contributed by atoms with Crippen LogP contribution in [0.4, 0.5) is 0 Å². The van der Waals surface area contributed by atoms with Crippen LogP contribution in [0, 0.1) is 11.8 Å². The number of hydrogen-bond donors (Lipinski definition) is 7. The van der Waals surface area contributed by atoms with Gasteiger partial charge in [-0.2, -0.15) is 0 Å². The van der Waals surface area contributed by atoms with E-state index >= 15 is 0 Å². The van der Waals surface area contributed by atoms with Gasteiger partial charge < -0.3 is 38.3 Å². The summed E-state index contributed by atoms with van der Waals surface area (Å²) in [5.74, 6) is -4.18. The van der Waals surface area contributed by atoms with Crippen molar-refractivity contribution in [1.82, 2.24) is 16.0 Å². The monoisotopic (exact) mass is 486 g/mol. The van der Waals surface area contributed by atoms with Crippen LogP contribution in [0.2, 0.25) is 0 Å². The highest BCUT2D eigenvalue weighted by Gasteiger charge is 2.32. The zero-order chi connectivity index (χ0) is 26.4. The van der Waals surface area contributed by atoms with Crippen molar-refractivity contribution in [3.8, 4) is 0 Å². The van der Waals surface area contributed by atoms with Crippen LogP contribution < -0.4 is 33.2 Å². The lowest BCUT2D eigenvalue weighted by atomic mass is 9.98. The molecule has 0 spiro atoms. The molecule has 10 N–H and O–H groups in total. The number of carboxylic acid groups (broad SMARTS) is 1. The van der Waals surface area contributed by atoms with Gasteiger partial charge in [-0.3, -0.25) is 19.2 Å². The van der Waals surface area contributed by atoms with Crippen molar-refractivity contribution in [2.45, 2.75) is 90.4 Å². The van der Waals surface area contributed by atoms with Gasteiger partial charge in [0.05, 0.1) is 12.5 Å². The molecule has 0 aliphatic rings. The van der Waals surface area contributed by atoms with Crippen LogP contribution in [-0.2, 0) is 24.0 Å². The molecular weight excluding hydrogens is 444 g/mol. The number of primary amides is 1. The minimum atomic E-state index is -1.21. The number of nitrogens with two attached hydrogens (primary N) is 3. The molecule has 0 heterocycles. The van der Waals surface area contributed by atoms with Crippen molar-refractivity contribution >= 4 is 29.6 Å². The molecule has 0 fully saturated rings. The highest BCUT2D eigenvalue weighted by molar-refractivity contribution is 5.95. The fourth-order valence-corrected chi connectivity index (χ4v) is 3.26. The van der Waals surface area contributed by atoms with E-state index in [1.807, 2.05) is 20.8 Å². The quantitative estimate of drug-likeness (QED) is 0.125. The van der Waals surface area contributed by atoms with E-state index in [9.17, 15) is 29.1 Å². The largest absolute Gasteiger partial charge is 0.480 e. The molecule has 0 radical (unpaired) electrons. The van der Waals surface area contributed by atoms with Gasteiger partial charge in [0.1, 0.15) is 18.1 Å². The van der Waals surface area contributed by atoms with Gasteiger partial charge in [0.2, 0.25) is 23.6 Å². The Hall–Kier alpha value is -2.73. The first-order chi connectivity index (χ1) is 15.8. The average molecular weight is 487 g/mol. The van der Waals surface area contributed by atoms with Gasteiger partial charge in [-0.05, 0) is 44.1 Å². The molecule has 196 valence electrons. The van der Waals surface area contributed by atoms with E-state index in [1.54, 1.807) is 6.92 Å². The first kappa shape index (κ1) is 31.3. The molecule has 5 atom stereocenters. The van der Waals surface area contributed by atoms with Crippen LogP contribution in [0.1, 0.15) is 66.2 Å². The first-order valence-corrected chi connectivity index (χ1v) is 11.7. The van der Waals surface area contributed by atoms with Crippen molar-refractivity contribution in [1.29, 1.82) is 0 Å². The predicted octanol–water partition coefficient (Wildman–Crippen LogP) is -1.05. The SMILES string of the molecule is CCC(C)C(NC(=O)C(CCCCN)NC(=O)C(CC(C)C)NC(=O)C(N)CC(N)=O)C(=O)O. The third-order valence-electron chi connectivity index (χ3n) is 5.45. The van der Waals surface area contributed by atoms with Gasteiger partial charge in [-0.15, -0.1) is 0 Å². The summed E-state index contributed by atoms with van der Waals surface area (Å²) in [6.45, 7) is 7.63. The smallest absolute Gasteiger partial charge is 0.326 e. The number of nitrogens with one attached hydrogen (secondary N) is 3. The van der Waals surface area contributed by atoms with Crippen molar-refractivity contribution in [3.63, 3.8) is 0 Å². The van der Waals surface area contributed by atoms with E-state index < -0.39 is 53.8 Å². The van der Waals surface area contributed by atoms with Crippen LogP contribution in [0.15, 0.2) is 0 Å². The van der Waals surface area contributed by atoms with E-state index in [0.717, 1.165) is 0 Å². The number of amides is 4. The van der Waals surface area contributed by atoms with Crippen molar-refractivity contribution < 1.29 is 29.1 Å². The minimum Gasteiger partial charge on any atom is -0.480 e. The Morgan fingerprint density at radius 3 is 1.91 bits per heavy atom. The molecule has 0 aliphatic carbocycles. The van der Waals surface area contributed by atoms with Crippen molar-refractivity contribution in [2.75, 3.05) is 6.54 Å². The van der Waals surface area contributed by atoms with Crippen LogP contribution >= 0.6 is 0 Å². The summed E-state index contributed by atoms with van der Waals surface area (Å²) in [5.41, 5.74) is 16.3. The Morgan fingerprint density at radius 2 is 1.44 bits per heavy atom. The van der Waals surface area contributed by atoms with E-state index in [-0.39, 0.29) is 31.1 Å². The molecule has 0 saturated heterocycles. The second-order valence-corrected chi connectivity index (χ2v) is 9.02. The highest BCUT2D eigenvalue weighted by Crippen LogP contribution is 2.11. The second kappa shape index (κ2) is 16.0. The number of unbranched alkanes of at least 4 members (excludes halogenated alkanes) is 1. The molecule has 4 amide bonds. The molecule has 34 heavy (non-hydrogen) atoms. The predicted molar refractivity (Wildman–Crippen MR) is 127 cm³/mol. The van der Waals surface area contributed by atoms with Crippen LogP contribution in [0.3, 0.4) is 0 Å². The van der Waals surface area contributed by atoms with Crippen LogP contribution in [-0.4, -0.2) is 65.4 Å². The number of carbonyl (C=O) groups is 5. The molecule has 0 saturated carbocycles. The highest BCUT2D eigenvalue weighted by atomic mass is 16.4. The number of hydrogen-bond acceptors (Lipinski definition) is 7. The Labute approximate surface area is 201 Å². The maximum atomic E-state index is 13.0. The Bertz CT molecular complexity index is 701. The average Bonchev–Trinajstić information content (AvgIpc) is 2.74. The van der Waals surface area contributed by atoms with Crippen molar-refractivity contribution in [2.24, 2.45) is 29.0 Å². The zero-order valence-corrected chi connectivity index (χ0v) is 20.6. The molecule has 0 bridgehead atoms. The molecular formula is C22H42N6O6. The van der Waals surface area contributed by atoms with Gasteiger partial charge in [0, 0.05) is 0 Å². The molecule has 12 nitrogen and oxygen atoms in total. The standard InChI is InChI=1S/C22H42N6O6/c1-5-13(4)18(22(33)34)28-20(31)15(8-6-7-9-23)26-21(32)16(10-12(2)3)27-19(30)14(24)11-17(25)29/h12-16,18H,5-11,23-24H2,1-4H3,(H2,25,29)(H,26,32)(H,27,30)(H,28,31)(H,33,34). The Balaban J connectivity index is 5.57. The van der Waals surface area contributed by atoms with Gasteiger partial charge in [0.25, 0.3) is 0 Å².